The van der Waals surface area contributed by atoms with E-state index in [0.29, 0.717) is 12.6 Å². The Kier molecular flexibility index (Phi) is 12.4. The zero-order valence-corrected chi connectivity index (χ0v) is 16.1. The van der Waals surface area contributed by atoms with Crippen molar-refractivity contribution in [3.8, 4) is 0 Å². The highest BCUT2D eigenvalue weighted by atomic mass is 127. The zero-order valence-electron chi connectivity index (χ0n) is 13.7. The fourth-order valence-electron chi connectivity index (χ4n) is 2.20. The SMILES string of the molecule is CCNC(=NCC(C)N1CCOCC1)NC(C)COC.I. The van der Waals surface area contributed by atoms with E-state index in [1.54, 1.807) is 7.11 Å². The number of hydrogen-bond acceptors (Lipinski definition) is 4. The number of ether oxygens (including phenoxy) is 2. The van der Waals surface area contributed by atoms with Crippen molar-refractivity contribution in [2.45, 2.75) is 32.9 Å². The predicted octanol–water partition coefficient (Wildman–Crippen LogP) is 0.915. The Bertz CT molecular complexity index is 286. The average molecular weight is 414 g/mol. The van der Waals surface area contributed by atoms with Crippen molar-refractivity contribution in [3.63, 3.8) is 0 Å². The second-order valence-electron chi connectivity index (χ2n) is 5.22. The summed E-state index contributed by atoms with van der Waals surface area (Å²) in [5, 5.41) is 6.62. The summed E-state index contributed by atoms with van der Waals surface area (Å²) in [5.41, 5.74) is 0. The number of halogens is 1. The third-order valence-corrected chi connectivity index (χ3v) is 3.33. The van der Waals surface area contributed by atoms with Crippen LogP contribution in [0, 0.1) is 0 Å². The highest BCUT2D eigenvalue weighted by molar-refractivity contribution is 14.0. The first kappa shape index (κ1) is 20.9. The van der Waals surface area contributed by atoms with E-state index in [1.807, 2.05) is 0 Å². The maximum absolute atomic E-state index is 5.38. The Labute approximate surface area is 146 Å². The van der Waals surface area contributed by atoms with E-state index in [0.717, 1.165) is 45.4 Å². The number of nitrogens with zero attached hydrogens (tertiary/aromatic N) is 2. The van der Waals surface area contributed by atoms with E-state index in [-0.39, 0.29) is 30.0 Å². The molecule has 7 heteroatoms. The van der Waals surface area contributed by atoms with Crippen LogP contribution < -0.4 is 10.6 Å². The van der Waals surface area contributed by atoms with E-state index >= 15 is 0 Å². The van der Waals surface area contributed by atoms with Crippen molar-refractivity contribution >= 4 is 29.9 Å². The summed E-state index contributed by atoms with van der Waals surface area (Å²) >= 11 is 0. The molecule has 2 atom stereocenters. The van der Waals surface area contributed by atoms with Gasteiger partial charge in [0.2, 0.25) is 0 Å². The molecule has 0 aromatic rings. The lowest BCUT2D eigenvalue weighted by molar-refractivity contribution is 0.0220. The molecule has 0 amide bonds. The molecule has 21 heavy (non-hydrogen) atoms. The summed E-state index contributed by atoms with van der Waals surface area (Å²) in [6.07, 6.45) is 0. The van der Waals surface area contributed by atoms with Crippen molar-refractivity contribution in [2.24, 2.45) is 4.99 Å². The number of nitrogens with one attached hydrogen (secondary N) is 2. The molecule has 6 nitrogen and oxygen atoms in total. The lowest BCUT2D eigenvalue weighted by Gasteiger charge is -2.31. The van der Waals surface area contributed by atoms with Gasteiger partial charge in [-0.1, -0.05) is 0 Å². The third-order valence-electron chi connectivity index (χ3n) is 3.33. The van der Waals surface area contributed by atoms with Crippen LogP contribution in [0.25, 0.3) is 0 Å². The number of morpholine rings is 1. The molecular weight excluding hydrogens is 383 g/mol. The molecule has 0 spiro atoms. The van der Waals surface area contributed by atoms with Crippen LogP contribution in [0.15, 0.2) is 4.99 Å². The van der Waals surface area contributed by atoms with Gasteiger partial charge >= 0.3 is 0 Å². The molecule has 0 saturated carbocycles. The molecule has 2 N–H and O–H groups in total. The molecule has 0 radical (unpaired) electrons. The van der Waals surface area contributed by atoms with Crippen LogP contribution in [0.3, 0.4) is 0 Å². The molecule has 1 saturated heterocycles. The molecule has 1 rings (SSSR count). The minimum absolute atomic E-state index is 0. The fourth-order valence-corrected chi connectivity index (χ4v) is 2.20. The van der Waals surface area contributed by atoms with Gasteiger partial charge in [-0.2, -0.15) is 0 Å². The minimum atomic E-state index is 0. The average Bonchev–Trinajstić information content (AvgIpc) is 2.46. The lowest BCUT2D eigenvalue weighted by atomic mass is 10.2. The summed E-state index contributed by atoms with van der Waals surface area (Å²) in [6.45, 7) is 12.4. The summed E-state index contributed by atoms with van der Waals surface area (Å²) in [5.74, 6) is 0.858. The van der Waals surface area contributed by atoms with E-state index in [9.17, 15) is 0 Å². The Hall–Kier alpha value is -0.120. The van der Waals surface area contributed by atoms with E-state index in [2.05, 4.69) is 41.3 Å². The summed E-state index contributed by atoms with van der Waals surface area (Å²) in [6, 6.07) is 0.684. The fraction of sp³-hybridized carbons (Fsp3) is 0.929. The van der Waals surface area contributed by atoms with Gasteiger partial charge in [-0.25, -0.2) is 0 Å². The Morgan fingerprint density at radius 2 is 2.00 bits per heavy atom. The summed E-state index contributed by atoms with van der Waals surface area (Å²) in [4.78, 5) is 7.09. The largest absolute Gasteiger partial charge is 0.383 e. The van der Waals surface area contributed by atoms with Crippen molar-refractivity contribution < 1.29 is 9.47 Å². The standard InChI is InChI=1S/C14H30N4O2.HI/c1-5-15-14(17-12(2)11-19-4)16-10-13(3)18-6-8-20-9-7-18;/h12-13H,5-11H2,1-4H3,(H2,15,16,17);1H. The predicted molar refractivity (Wildman–Crippen MR) is 97.7 cm³/mol. The van der Waals surface area contributed by atoms with Crippen LogP contribution in [-0.4, -0.2) is 76.1 Å². The van der Waals surface area contributed by atoms with E-state index in [1.165, 1.54) is 0 Å². The number of rotatable bonds is 7. The number of methoxy groups -OCH3 is 1. The third kappa shape index (κ3) is 8.80. The van der Waals surface area contributed by atoms with Gasteiger partial charge in [0.1, 0.15) is 0 Å². The van der Waals surface area contributed by atoms with Gasteiger partial charge in [-0.15, -0.1) is 24.0 Å². The van der Waals surface area contributed by atoms with Gasteiger partial charge in [-0.3, -0.25) is 9.89 Å². The quantitative estimate of drug-likeness (QED) is 0.369. The topological polar surface area (TPSA) is 58.1 Å². The summed E-state index contributed by atoms with van der Waals surface area (Å²) < 4.78 is 10.5. The Morgan fingerprint density at radius 1 is 1.33 bits per heavy atom. The smallest absolute Gasteiger partial charge is 0.191 e. The molecule has 0 bridgehead atoms. The maximum atomic E-state index is 5.38. The van der Waals surface area contributed by atoms with Crippen LogP contribution in [0.2, 0.25) is 0 Å². The van der Waals surface area contributed by atoms with Gasteiger partial charge in [0.15, 0.2) is 5.96 Å². The molecule has 1 aliphatic rings. The molecule has 1 heterocycles. The number of hydrogen-bond donors (Lipinski definition) is 2. The molecule has 1 aliphatic heterocycles. The monoisotopic (exact) mass is 414 g/mol. The molecule has 126 valence electrons. The van der Waals surface area contributed by atoms with Crippen LogP contribution in [0.5, 0.6) is 0 Å². The van der Waals surface area contributed by atoms with Gasteiger partial charge in [0, 0.05) is 38.8 Å². The van der Waals surface area contributed by atoms with Gasteiger partial charge in [0.05, 0.1) is 26.4 Å². The maximum Gasteiger partial charge on any atom is 0.191 e. The van der Waals surface area contributed by atoms with E-state index < -0.39 is 0 Å². The molecular formula is C14H31IN4O2. The minimum Gasteiger partial charge on any atom is -0.383 e. The van der Waals surface area contributed by atoms with Crippen LogP contribution >= 0.6 is 24.0 Å². The zero-order chi connectivity index (χ0) is 14.8. The van der Waals surface area contributed by atoms with Crippen molar-refractivity contribution in [1.29, 1.82) is 0 Å². The molecule has 0 aromatic carbocycles. The number of guanidine groups is 1. The van der Waals surface area contributed by atoms with Gasteiger partial charge in [0.25, 0.3) is 0 Å². The number of aliphatic imine (C=N–C) groups is 1. The highest BCUT2D eigenvalue weighted by Crippen LogP contribution is 2.03. The normalized spacial score (nSPS) is 19.5. The Morgan fingerprint density at radius 3 is 2.57 bits per heavy atom. The summed E-state index contributed by atoms with van der Waals surface area (Å²) in [7, 11) is 1.71. The molecule has 0 aromatic heterocycles. The van der Waals surface area contributed by atoms with Crippen LogP contribution in [0.4, 0.5) is 0 Å². The van der Waals surface area contributed by atoms with Crippen LogP contribution in [0.1, 0.15) is 20.8 Å². The highest BCUT2D eigenvalue weighted by Gasteiger charge is 2.16. The van der Waals surface area contributed by atoms with E-state index in [4.69, 9.17) is 9.47 Å². The van der Waals surface area contributed by atoms with Crippen LogP contribution in [-0.2, 0) is 9.47 Å². The first-order chi connectivity index (χ1) is 9.67. The first-order valence-electron chi connectivity index (χ1n) is 7.53. The van der Waals surface area contributed by atoms with Crippen molar-refractivity contribution in [1.82, 2.24) is 15.5 Å². The first-order valence-corrected chi connectivity index (χ1v) is 7.53. The van der Waals surface area contributed by atoms with Crippen molar-refractivity contribution in [2.75, 3.05) is 53.1 Å². The van der Waals surface area contributed by atoms with Crippen molar-refractivity contribution in [3.05, 3.63) is 0 Å². The second kappa shape index (κ2) is 12.4. The second-order valence-corrected chi connectivity index (χ2v) is 5.22. The van der Waals surface area contributed by atoms with Gasteiger partial charge < -0.3 is 20.1 Å². The molecule has 1 fully saturated rings. The molecule has 2 unspecified atom stereocenters. The molecule has 0 aliphatic carbocycles. The Balaban J connectivity index is 0.00000400. The lowest BCUT2D eigenvalue weighted by Crippen LogP contribution is -2.46. The van der Waals surface area contributed by atoms with Gasteiger partial charge in [-0.05, 0) is 20.8 Å².